The zero-order valence-electron chi connectivity index (χ0n) is 12.1. The monoisotopic (exact) mass is 271 g/mol. The maximum absolute atomic E-state index is 4.93. The SMILES string of the molecule is Cc1c2c(nc3ccccc13)/C(=C/c1ccccc1)CC2. The first-order valence-electron chi connectivity index (χ1n) is 7.47. The van der Waals surface area contributed by atoms with Crippen LogP contribution in [0.1, 0.15) is 28.8 Å². The van der Waals surface area contributed by atoms with Gasteiger partial charge in [0.15, 0.2) is 0 Å². The lowest BCUT2D eigenvalue weighted by Gasteiger charge is -2.08. The van der Waals surface area contributed by atoms with Gasteiger partial charge in [-0.1, -0.05) is 48.5 Å². The van der Waals surface area contributed by atoms with Gasteiger partial charge in [0.25, 0.3) is 0 Å². The van der Waals surface area contributed by atoms with Gasteiger partial charge in [-0.25, -0.2) is 4.98 Å². The molecule has 0 saturated carbocycles. The summed E-state index contributed by atoms with van der Waals surface area (Å²) in [6.45, 7) is 2.23. The lowest BCUT2D eigenvalue weighted by molar-refractivity contribution is 1.07. The van der Waals surface area contributed by atoms with Gasteiger partial charge in [-0.2, -0.15) is 0 Å². The highest BCUT2D eigenvalue weighted by atomic mass is 14.7. The smallest absolute Gasteiger partial charge is 0.0712 e. The Morgan fingerprint density at radius 2 is 1.67 bits per heavy atom. The van der Waals surface area contributed by atoms with E-state index in [0.29, 0.717) is 0 Å². The van der Waals surface area contributed by atoms with Crippen LogP contribution in [-0.2, 0) is 6.42 Å². The molecule has 0 saturated heterocycles. The molecule has 0 fully saturated rings. The number of hydrogen-bond acceptors (Lipinski definition) is 1. The van der Waals surface area contributed by atoms with E-state index in [0.717, 1.165) is 18.4 Å². The lowest BCUT2D eigenvalue weighted by atomic mass is 10.0. The first kappa shape index (κ1) is 12.3. The van der Waals surface area contributed by atoms with Gasteiger partial charge >= 0.3 is 0 Å². The molecule has 0 atom stereocenters. The van der Waals surface area contributed by atoms with Crippen LogP contribution in [0, 0.1) is 6.92 Å². The summed E-state index contributed by atoms with van der Waals surface area (Å²) in [5.74, 6) is 0. The van der Waals surface area contributed by atoms with E-state index in [-0.39, 0.29) is 0 Å². The van der Waals surface area contributed by atoms with Crippen molar-refractivity contribution in [3.8, 4) is 0 Å². The highest BCUT2D eigenvalue weighted by Gasteiger charge is 2.21. The fourth-order valence-electron chi connectivity index (χ4n) is 3.26. The minimum atomic E-state index is 1.09. The predicted molar refractivity (Wildman–Crippen MR) is 89.1 cm³/mol. The topological polar surface area (TPSA) is 12.9 Å². The summed E-state index contributed by atoms with van der Waals surface area (Å²) >= 11 is 0. The molecule has 1 aromatic heterocycles. The summed E-state index contributed by atoms with van der Waals surface area (Å²) in [7, 11) is 0. The molecule has 102 valence electrons. The molecule has 3 aromatic rings. The second kappa shape index (κ2) is 4.85. The molecule has 0 N–H and O–H groups in total. The van der Waals surface area contributed by atoms with Gasteiger partial charge in [0.2, 0.25) is 0 Å². The highest BCUT2D eigenvalue weighted by molar-refractivity contribution is 5.91. The third-order valence-electron chi connectivity index (χ3n) is 4.37. The van der Waals surface area contributed by atoms with Gasteiger partial charge in [-0.3, -0.25) is 0 Å². The Labute approximate surface area is 125 Å². The van der Waals surface area contributed by atoms with Crippen LogP contribution in [0.5, 0.6) is 0 Å². The lowest BCUT2D eigenvalue weighted by Crippen LogP contribution is -1.94. The largest absolute Gasteiger partial charge is 0.248 e. The Hall–Kier alpha value is -2.41. The van der Waals surface area contributed by atoms with Gasteiger partial charge in [0.1, 0.15) is 0 Å². The number of pyridine rings is 1. The third kappa shape index (κ3) is 2.06. The van der Waals surface area contributed by atoms with Crippen LogP contribution in [0.4, 0.5) is 0 Å². The van der Waals surface area contributed by atoms with Gasteiger partial charge < -0.3 is 0 Å². The first-order chi connectivity index (χ1) is 10.3. The standard InChI is InChI=1S/C20H17N/c1-14-17-9-5-6-10-19(17)21-20-16(11-12-18(14)20)13-15-7-3-2-4-8-15/h2-10,13H,11-12H2,1H3/b16-13+. The molecular formula is C20H17N. The summed E-state index contributed by atoms with van der Waals surface area (Å²) < 4.78 is 0. The molecule has 21 heavy (non-hydrogen) atoms. The summed E-state index contributed by atoms with van der Waals surface area (Å²) in [6.07, 6.45) is 4.49. The van der Waals surface area contributed by atoms with E-state index >= 15 is 0 Å². The third-order valence-corrected chi connectivity index (χ3v) is 4.37. The van der Waals surface area contributed by atoms with Crippen LogP contribution >= 0.6 is 0 Å². The maximum atomic E-state index is 4.93. The van der Waals surface area contributed by atoms with E-state index < -0.39 is 0 Å². The average Bonchev–Trinajstić information content (AvgIpc) is 2.92. The number of nitrogens with zero attached hydrogens (tertiary/aromatic N) is 1. The van der Waals surface area contributed by atoms with Crippen molar-refractivity contribution in [1.29, 1.82) is 0 Å². The summed E-state index contributed by atoms with van der Waals surface area (Å²) in [6, 6.07) is 19.0. The molecule has 0 aliphatic heterocycles. The minimum absolute atomic E-state index is 1.09. The second-order valence-electron chi connectivity index (χ2n) is 5.66. The van der Waals surface area contributed by atoms with Crippen molar-refractivity contribution in [3.05, 3.63) is 77.0 Å². The number of para-hydroxylation sites is 1. The fourth-order valence-corrected chi connectivity index (χ4v) is 3.26. The zero-order chi connectivity index (χ0) is 14.2. The highest BCUT2D eigenvalue weighted by Crippen LogP contribution is 2.36. The first-order valence-corrected chi connectivity index (χ1v) is 7.47. The molecule has 1 heterocycles. The van der Waals surface area contributed by atoms with E-state index in [4.69, 9.17) is 4.98 Å². The number of hydrogen-bond donors (Lipinski definition) is 0. The molecule has 2 aromatic carbocycles. The Kier molecular flexibility index (Phi) is 2.85. The van der Waals surface area contributed by atoms with Gasteiger partial charge in [-0.15, -0.1) is 0 Å². The van der Waals surface area contributed by atoms with Crippen LogP contribution in [0.15, 0.2) is 54.6 Å². The van der Waals surface area contributed by atoms with Crippen molar-refractivity contribution in [3.63, 3.8) is 0 Å². The summed E-state index contributed by atoms with van der Waals surface area (Å²) in [5.41, 5.74) is 7.76. The van der Waals surface area contributed by atoms with E-state index in [1.165, 1.54) is 33.3 Å². The Balaban J connectivity index is 1.91. The van der Waals surface area contributed by atoms with Crippen molar-refractivity contribution in [2.24, 2.45) is 0 Å². The Morgan fingerprint density at radius 3 is 2.52 bits per heavy atom. The van der Waals surface area contributed by atoms with Crippen LogP contribution in [0.2, 0.25) is 0 Å². The van der Waals surface area contributed by atoms with E-state index in [1.54, 1.807) is 0 Å². The Morgan fingerprint density at radius 1 is 0.905 bits per heavy atom. The van der Waals surface area contributed by atoms with E-state index in [1.807, 2.05) is 0 Å². The number of aromatic nitrogens is 1. The molecule has 0 amide bonds. The van der Waals surface area contributed by atoms with Crippen LogP contribution in [-0.4, -0.2) is 4.98 Å². The second-order valence-corrected chi connectivity index (χ2v) is 5.66. The molecule has 0 unspecified atom stereocenters. The predicted octanol–water partition coefficient (Wildman–Crippen LogP) is 5.03. The molecule has 1 aliphatic carbocycles. The quantitative estimate of drug-likeness (QED) is 0.605. The molecule has 0 radical (unpaired) electrons. The molecule has 0 bridgehead atoms. The van der Waals surface area contributed by atoms with Crippen molar-refractivity contribution in [2.45, 2.75) is 19.8 Å². The van der Waals surface area contributed by atoms with Crippen molar-refractivity contribution in [1.82, 2.24) is 4.98 Å². The zero-order valence-corrected chi connectivity index (χ0v) is 12.1. The normalized spacial score (nSPS) is 15.6. The molecular weight excluding hydrogens is 254 g/mol. The average molecular weight is 271 g/mol. The molecule has 0 spiro atoms. The Bertz CT molecular complexity index is 844. The summed E-state index contributed by atoms with van der Waals surface area (Å²) in [4.78, 5) is 4.93. The maximum Gasteiger partial charge on any atom is 0.0712 e. The van der Waals surface area contributed by atoms with Crippen molar-refractivity contribution < 1.29 is 0 Å². The number of fused-ring (bicyclic) bond motifs is 2. The van der Waals surface area contributed by atoms with Gasteiger partial charge in [0.05, 0.1) is 11.2 Å². The van der Waals surface area contributed by atoms with Crippen LogP contribution < -0.4 is 0 Å². The summed E-state index contributed by atoms with van der Waals surface area (Å²) in [5, 5.41) is 1.29. The molecule has 1 nitrogen and oxygen atoms in total. The number of aryl methyl sites for hydroxylation is 1. The van der Waals surface area contributed by atoms with Crippen molar-refractivity contribution >= 4 is 22.6 Å². The van der Waals surface area contributed by atoms with Crippen molar-refractivity contribution in [2.75, 3.05) is 0 Å². The van der Waals surface area contributed by atoms with Gasteiger partial charge in [-0.05, 0) is 54.2 Å². The fraction of sp³-hybridized carbons (Fsp3) is 0.150. The number of benzene rings is 2. The van der Waals surface area contributed by atoms with E-state index in [9.17, 15) is 0 Å². The molecule has 4 rings (SSSR count). The van der Waals surface area contributed by atoms with Crippen LogP contribution in [0.25, 0.3) is 22.6 Å². The number of allylic oxidation sites excluding steroid dienone is 1. The minimum Gasteiger partial charge on any atom is -0.248 e. The molecule has 1 aliphatic rings. The molecule has 1 heteroatoms. The van der Waals surface area contributed by atoms with Gasteiger partial charge in [0, 0.05) is 5.39 Å². The van der Waals surface area contributed by atoms with E-state index in [2.05, 4.69) is 67.6 Å². The number of rotatable bonds is 1. The van der Waals surface area contributed by atoms with Crippen LogP contribution in [0.3, 0.4) is 0 Å².